The summed E-state index contributed by atoms with van der Waals surface area (Å²) in [5, 5.41) is 23.1. The average molecular weight is 363 g/mol. The molecule has 1 saturated heterocycles. The van der Waals surface area contributed by atoms with Crippen molar-refractivity contribution in [3.8, 4) is 0 Å². The third kappa shape index (κ3) is 4.50. The number of benzene rings is 1. The lowest BCUT2D eigenvalue weighted by Crippen LogP contribution is -2.47. The molecule has 142 valence electrons. The molecule has 1 fully saturated rings. The van der Waals surface area contributed by atoms with Gasteiger partial charge in [0.1, 0.15) is 5.69 Å². The van der Waals surface area contributed by atoms with Gasteiger partial charge in [-0.25, -0.2) is 4.79 Å². The van der Waals surface area contributed by atoms with Crippen LogP contribution in [-0.4, -0.2) is 41.0 Å². The van der Waals surface area contributed by atoms with Crippen LogP contribution in [0.1, 0.15) is 44.0 Å². The Morgan fingerprint density at radius 3 is 2.38 bits per heavy atom. The van der Waals surface area contributed by atoms with Gasteiger partial charge in [-0.05, 0) is 43.7 Å². The maximum atomic E-state index is 11.5. The number of nitrogens with one attached hydrogen (secondary N) is 1. The van der Waals surface area contributed by atoms with E-state index >= 15 is 0 Å². The number of ketones is 1. The van der Waals surface area contributed by atoms with Crippen LogP contribution in [0.25, 0.3) is 0 Å². The maximum absolute atomic E-state index is 11.5. The number of piperidine rings is 1. The van der Waals surface area contributed by atoms with E-state index < -0.39 is 11.0 Å². The molecule has 8 nitrogen and oxygen atoms in total. The third-order valence-corrected chi connectivity index (χ3v) is 4.98. The molecular formula is C18H25N3O5. The summed E-state index contributed by atoms with van der Waals surface area (Å²) in [4.78, 5) is 35.4. The second-order valence-corrected chi connectivity index (χ2v) is 7.06. The van der Waals surface area contributed by atoms with Crippen LogP contribution in [0, 0.1) is 22.0 Å². The smallest absolute Gasteiger partial charge is 0.404 e. The SMILES string of the molecule is CC(=O)c1ccc(N2CCC(C(NC(=O)O)C(C)C)CC2)c([N+](=O)[O-])c1. The van der Waals surface area contributed by atoms with Crippen molar-refractivity contribution in [1.82, 2.24) is 5.32 Å². The van der Waals surface area contributed by atoms with Gasteiger partial charge >= 0.3 is 6.09 Å². The van der Waals surface area contributed by atoms with Crippen LogP contribution in [-0.2, 0) is 0 Å². The minimum absolute atomic E-state index is 0.0692. The highest BCUT2D eigenvalue weighted by molar-refractivity contribution is 5.95. The van der Waals surface area contributed by atoms with E-state index in [1.165, 1.54) is 13.0 Å². The number of Topliss-reactive ketones (excluding diaryl/α,β-unsaturated/α-hetero) is 1. The Morgan fingerprint density at radius 2 is 1.92 bits per heavy atom. The highest BCUT2D eigenvalue weighted by Gasteiger charge is 2.31. The van der Waals surface area contributed by atoms with Gasteiger partial charge < -0.3 is 15.3 Å². The number of amides is 1. The number of hydrogen-bond donors (Lipinski definition) is 2. The van der Waals surface area contributed by atoms with Gasteiger partial charge in [0.25, 0.3) is 5.69 Å². The summed E-state index contributed by atoms with van der Waals surface area (Å²) in [6.45, 7) is 6.56. The number of nitro benzene ring substituents is 1. The molecule has 1 aliphatic rings. The van der Waals surface area contributed by atoms with Crippen LogP contribution < -0.4 is 10.2 Å². The van der Waals surface area contributed by atoms with Gasteiger partial charge in [-0.2, -0.15) is 0 Å². The van der Waals surface area contributed by atoms with Crippen LogP contribution in [0.15, 0.2) is 18.2 Å². The molecule has 0 aromatic heterocycles. The molecular weight excluding hydrogens is 338 g/mol. The standard InChI is InChI=1S/C18H25N3O5/c1-11(2)17(19-18(23)24)13-6-8-20(9-7-13)15-5-4-14(12(3)22)10-16(15)21(25)26/h4-5,10-11,13,17,19H,6-9H2,1-3H3,(H,23,24). The second kappa shape index (κ2) is 8.16. The zero-order valence-corrected chi connectivity index (χ0v) is 15.3. The first-order chi connectivity index (χ1) is 12.2. The number of carbonyl (C=O) groups is 2. The van der Waals surface area contributed by atoms with Crippen LogP contribution in [0.5, 0.6) is 0 Å². The molecule has 1 amide bonds. The van der Waals surface area contributed by atoms with Crippen molar-refractivity contribution in [2.24, 2.45) is 11.8 Å². The Balaban J connectivity index is 2.15. The van der Waals surface area contributed by atoms with Crippen molar-refractivity contribution in [3.05, 3.63) is 33.9 Å². The lowest BCUT2D eigenvalue weighted by atomic mass is 9.83. The normalized spacial score (nSPS) is 16.4. The lowest BCUT2D eigenvalue weighted by molar-refractivity contribution is -0.384. The Bertz CT molecular complexity index is 696. The first-order valence-corrected chi connectivity index (χ1v) is 8.74. The van der Waals surface area contributed by atoms with Gasteiger partial charge in [0.2, 0.25) is 0 Å². The predicted molar refractivity (Wildman–Crippen MR) is 97.8 cm³/mol. The summed E-state index contributed by atoms with van der Waals surface area (Å²) < 4.78 is 0. The molecule has 2 N–H and O–H groups in total. The van der Waals surface area contributed by atoms with E-state index in [1.54, 1.807) is 12.1 Å². The lowest BCUT2D eigenvalue weighted by Gasteiger charge is -2.38. The summed E-state index contributed by atoms with van der Waals surface area (Å²) in [6, 6.07) is 4.43. The van der Waals surface area contributed by atoms with E-state index in [4.69, 9.17) is 5.11 Å². The number of hydrogen-bond acceptors (Lipinski definition) is 5. The van der Waals surface area contributed by atoms with Crippen molar-refractivity contribution >= 4 is 23.3 Å². The summed E-state index contributed by atoms with van der Waals surface area (Å²) in [7, 11) is 0. The predicted octanol–water partition coefficient (Wildman–Crippen LogP) is 3.31. The molecule has 26 heavy (non-hydrogen) atoms. The van der Waals surface area contributed by atoms with Gasteiger partial charge in [-0.1, -0.05) is 13.8 Å². The van der Waals surface area contributed by atoms with Crippen molar-refractivity contribution in [1.29, 1.82) is 0 Å². The van der Waals surface area contributed by atoms with E-state index in [2.05, 4.69) is 5.32 Å². The zero-order chi connectivity index (χ0) is 19.4. The molecule has 1 aromatic carbocycles. The largest absolute Gasteiger partial charge is 0.465 e. The van der Waals surface area contributed by atoms with Crippen molar-refractivity contribution in [3.63, 3.8) is 0 Å². The molecule has 2 rings (SSSR count). The fraction of sp³-hybridized carbons (Fsp3) is 0.556. The average Bonchev–Trinajstić information content (AvgIpc) is 2.59. The van der Waals surface area contributed by atoms with Crippen LogP contribution in [0.3, 0.4) is 0 Å². The number of rotatable bonds is 6. The molecule has 1 aliphatic heterocycles. The summed E-state index contributed by atoms with van der Waals surface area (Å²) in [5.41, 5.74) is 0.756. The van der Waals surface area contributed by atoms with Gasteiger partial charge in [0.15, 0.2) is 5.78 Å². The molecule has 1 aromatic rings. The Kier molecular flexibility index (Phi) is 6.18. The van der Waals surface area contributed by atoms with Gasteiger partial charge in [-0.15, -0.1) is 0 Å². The molecule has 0 spiro atoms. The molecule has 0 saturated carbocycles. The summed E-state index contributed by atoms with van der Waals surface area (Å²) in [6.07, 6.45) is 0.463. The highest BCUT2D eigenvalue weighted by Crippen LogP contribution is 2.34. The molecule has 0 bridgehead atoms. The second-order valence-electron chi connectivity index (χ2n) is 7.06. The fourth-order valence-electron chi connectivity index (χ4n) is 3.63. The van der Waals surface area contributed by atoms with Gasteiger partial charge in [0.05, 0.1) is 4.92 Å². The van der Waals surface area contributed by atoms with E-state index in [0.717, 1.165) is 12.8 Å². The Labute approximate surface area is 152 Å². The number of nitrogens with zero attached hydrogens (tertiary/aromatic N) is 2. The number of nitro groups is 1. The number of carbonyl (C=O) groups excluding carboxylic acids is 1. The topological polar surface area (TPSA) is 113 Å². The minimum atomic E-state index is -1.03. The molecule has 1 heterocycles. The third-order valence-electron chi connectivity index (χ3n) is 4.98. The number of anilines is 1. The summed E-state index contributed by atoms with van der Waals surface area (Å²) >= 11 is 0. The van der Waals surface area contributed by atoms with Crippen LogP contribution >= 0.6 is 0 Å². The van der Waals surface area contributed by atoms with Crippen LogP contribution in [0.2, 0.25) is 0 Å². The number of carboxylic acid groups (broad SMARTS) is 1. The van der Waals surface area contributed by atoms with E-state index in [0.29, 0.717) is 24.3 Å². The Hall–Kier alpha value is -2.64. The first kappa shape index (κ1) is 19.7. The zero-order valence-electron chi connectivity index (χ0n) is 15.3. The quantitative estimate of drug-likeness (QED) is 0.455. The van der Waals surface area contributed by atoms with Gasteiger partial charge in [0, 0.05) is 30.8 Å². The minimum Gasteiger partial charge on any atom is -0.465 e. The monoisotopic (exact) mass is 363 g/mol. The van der Waals surface area contributed by atoms with Crippen molar-refractivity contribution in [2.45, 2.75) is 39.7 Å². The molecule has 1 unspecified atom stereocenters. The van der Waals surface area contributed by atoms with Crippen LogP contribution in [0.4, 0.5) is 16.2 Å². The van der Waals surface area contributed by atoms with E-state index in [9.17, 15) is 19.7 Å². The molecule has 0 radical (unpaired) electrons. The Morgan fingerprint density at radius 1 is 1.31 bits per heavy atom. The van der Waals surface area contributed by atoms with Crippen molar-refractivity contribution in [2.75, 3.05) is 18.0 Å². The van der Waals surface area contributed by atoms with E-state index in [1.807, 2.05) is 18.7 Å². The maximum Gasteiger partial charge on any atom is 0.404 e. The molecule has 0 aliphatic carbocycles. The van der Waals surface area contributed by atoms with Crippen molar-refractivity contribution < 1.29 is 19.6 Å². The first-order valence-electron chi connectivity index (χ1n) is 8.74. The fourth-order valence-corrected chi connectivity index (χ4v) is 3.63. The molecule has 8 heteroatoms. The van der Waals surface area contributed by atoms with Gasteiger partial charge in [-0.3, -0.25) is 14.9 Å². The molecule has 1 atom stereocenters. The summed E-state index contributed by atoms with van der Waals surface area (Å²) in [5.74, 6) is 0.155. The highest BCUT2D eigenvalue weighted by atomic mass is 16.6. The van der Waals surface area contributed by atoms with E-state index in [-0.39, 0.29) is 29.3 Å².